The van der Waals surface area contributed by atoms with E-state index in [4.69, 9.17) is 16.3 Å². The number of piperidine rings is 1. The SMILES string of the molecule is Clc1cc(C2CCCCN2)ccc1OCc1ccccc1. The van der Waals surface area contributed by atoms with Crippen molar-refractivity contribution >= 4 is 11.6 Å². The molecule has 1 aliphatic heterocycles. The zero-order valence-corrected chi connectivity index (χ0v) is 12.8. The molecule has 3 rings (SSSR count). The fraction of sp³-hybridized carbons (Fsp3) is 0.333. The summed E-state index contributed by atoms with van der Waals surface area (Å²) in [5.74, 6) is 0.750. The third-order valence-electron chi connectivity index (χ3n) is 3.91. The van der Waals surface area contributed by atoms with E-state index in [9.17, 15) is 0 Å². The number of hydrogen-bond acceptors (Lipinski definition) is 2. The summed E-state index contributed by atoms with van der Waals surface area (Å²) in [5.41, 5.74) is 2.40. The van der Waals surface area contributed by atoms with E-state index < -0.39 is 0 Å². The molecule has 1 N–H and O–H groups in total. The third-order valence-corrected chi connectivity index (χ3v) is 4.20. The Balaban J connectivity index is 1.66. The molecule has 1 fully saturated rings. The van der Waals surface area contributed by atoms with Crippen molar-refractivity contribution in [2.45, 2.75) is 31.9 Å². The van der Waals surface area contributed by atoms with Crippen LogP contribution in [0.15, 0.2) is 48.5 Å². The summed E-state index contributed by atoms with van der Waals surface area (Å²) in [6, 6.07) is 16.7. The second-order valence-corrected chi connectivity index (χ2v) is 5.87. The predicted molar refractivity (Wildman–Crippen MR) is 86.8 cm³/mol. The minimum atomic E-state index is 0.430. The molecule has 3 heteroatoms. The van der Waals surface area contributed by atoms with Crippen LogP contribution in [0.2, 0.25) is 5.02 Å². The van der Waals surface area contributed by atoms with Crippen LogP contribution < -0.4 is 10.1 Å². The van der Waals surface area contributed by atoms with Crippen molar-refractivity contribution < 1.29 is 4.74 Å². The lowest BCUT2D eigenvalue weighted by Gasteiger charge is -2.24. The van der Waals surface area contributed by atoms with Crippen LogP contribution in [0.3, 0.4) is 0 Å². The van der Waals surface area contributed by atoms with Gasteiger partial charge in [-0.25, -0.2) is 0 Å². The number of rotatable bonds is 4. The molecule has 21 heavy (non-hydrogen) atoms. The molecule has 1 aliphatic rings. The average molecular weight is 302 g/mol. The molecule has 0 spiro atoms. The van der Waals surface area contributed by atoms with Gasteiger partial charge in [0, 0.05) is 6.04 Å². The van der Waals surface area contributed by atoms with Gasteiger partial charge in [0.15, 0.2) is 0 Å². The lowest BCUT2D eigenvalue weighted by atomic mass is 9.97. The van der Waals surface area contributed by atoms with E-state index in [2.05, 4.69) is 11.4 Å². The fourth-order valence-electron chi connectivity index (χ4n) is 2.72. The first-order chi connectivity index (χ1) is 10.3. The summed E-state index contributed by atoms with van der Waals surface area (Å²) in [4.78, 5) is 0. The molecule has 1 heterocycles. The van der Waals surface area contributed by atoms with Crippen LogP contribution in [0.25, 0.3) is 0 Å². The zero-order valence-electron chi connectivity index (χ0n) is 12.0. The van der Waals surface area contributed by atoms with Gasteiger partial charge in [-0.15, -0.1) is 0 Å². The Morgan fingerprint density at radius 2 is 1.95 bits per heavy atom. The lowest BCUT2D eigenvalue weighted by molar-refractivity contribution is 0.306. The van der Waals surface area contributed by atoms with Gasteiger partial charge in [-0.3, -0.25) is 0 Å². The topological polar surface area (TPSA) is 21.3 Å². The maximum absolute atomic E-state index is 6.36. The van der Waals surface area contributed by atoms with E-state index in [1.807, 2.05) is 42.5 Å². The first-order valence-electron chi connectivity index (χ1n) is 7.52. The van der Waals surface area contributed by atoms with Gasteiger partial charge in [-0.2, -0.15) is 0 Å². The van der Waals surface area contributed by atoms with Gasteiger partial charge in [-0.1, -0.05) is 54.4 Å². The summed E-state index contributed by atoms with van der Waals surface area (Å²) in [5, 5.41) is 4.23. The molecular formula is C18H20ClNO. The van der Waals surface area contributed by atoms with Crippen molar-refractivity contribution in [3.05, 3.63) is 64.7 Å². The molecule has 0 amide bonds. The summed E-state index contributed by atoms with van der Waals surface area (Å²) in [6.07, 6.45) is 3.73. The minimum Gasteiger partial charge on any atom is -0.487 e. The van der Waals surface area contributed by atoms with Crippen molar-refractivity contribution in [1.29, 1.82) is 0 Å². The molecule has 0 radical (unpaired) electrons. The summed E-state index contributed by atoms with van der Waals surface area (Å²) >= 11 is 6.36. The minimum absolute atomic E-state index is 0.430. The molecule has 0 saturated carbocycles. The monoisotopic (exact) mass is 301 g/mol. The highest BCUT2D eigenvalue weighted by Crippen LogP contribution is 2.31. The number of ether oxygens (including phenoxy) is 1. The normalized spacial score (nSPS) is 18.4. The van der Waals surface area contributed by atoms with Crippen molar-refractivity contribution in [3.8, 4) is 5.75 Å². The maximum atomic E-state index is 6.36. The Morgan fingerprint density at radius 3 is 2.67 bits per heavy atom. The van der Waals surface area contributed by atoms with Gasteiger partial charge in [0.1, 0.15) is 12.4 Å². The van der Waals surface area contributed by atoms with Gasteiger partial charge in [0.25, 0.3) is 0 Å². The van der Waals surface area contributed by atoms with Crippen LogP contribution in [0, 0.1) is 0 Å². The van der Waals surface area contributed by atoms with Crippen LogP contribution in [0.5, 0.6) is 5.75 Å². The van der Waals surface area contributed by atoms with Gasteiger partial charge in [0.2, 0.25) is 0 Å². The molecule has 1 atom stereocenters. The van der Waals surface area contributed by atoms with Gasteiger partial charge in [0.05, 0.1) is 5.02 Å². The van der Waals surface area contributed by atoms with Gasteiger partial charge in [-0.05, 0) is 42.6 Å². The zero-order chi connectivity index (χ0) is 14.5. The molecule has 2 aromatic rings. The van der Waals surface area contributed by atoms with Crippen molar-refractivity contribution in [3.63, 3.8) is 0 Å². The Kier molecular flexibility index (Phi) is 4.79. The molecule has 2 aromatic carbocycles. The Morgan fingerprint density at radius 1 is 1.10 bits per heavy atom. The Hall–Kier alpha value is -1.51. The van der Waals surface area contributed by atoms with E-state index in [0.29, 0.717) is 17.7 Å². The highest BCUT2D eigenvalue weighted by atomic mass is 35.5. The highest BCUT2D eigenvalue weighted by molar-refractivity contribution is 6.32. The van der Waals surface area contributed by atoms with E-state index in [1.165, 1.54) is 24.8 Å². The van der Waals surface area contributed by atoms with Gasteiger partial charge >= 0.3 is 0 Å². The molecule has 110 valence electrons. The summed E-state index contributed by atoms with van der Waals surface area (Å²) < 4.78 is 5.81. The molecule has 1 saturated heterocycles. The second-order valence-electron chi connectivity index (χ2n) is 5.47. The molecule has 0 aromatic heterocycles. The second kappa shape index (κ2) is 6.97. The summed E-state index contributed by atoms with van der Waals surface area (Å²) in [7, 11) is 0. The highest BCUT2D eigenvalue weighted by Gasteiger charge is 2.15. The number of benzene rings is 2. The Bertz CT molecular complexity index is 579. The largest absolute Gasteiger partial charge is 0.487 e. The van der Waals surface area contributed by atoms with Gasteiger partial charge < -0.3 is 10.1 Å². The molecule has 0 bridgehead atoms. The van der Waals surface area contributed by atoms with Crippen LogP contribution >= 0.6 is 11.6 Å². The fourth-order valence-corrected chi connectivity index (χ4v) is 2.97. The first-order valence-corrected chi connectivity index (χ1v) is 7.90. The standard InChI is InChI=1S/C18H20ClNO/c19-16-12-15(17-8-4-5-11-20-17)9-10-18(16)21-13-14-6-2-1-3-7-14/h1-3,6-7,9-10,12,17,20H,4-5,8,11,13H2. The van der Waals surface area contributed by atoms with E-state index in [1.54, 1.807) is 0 Å². The summed E-state index contributed by atoms with van der Waals surface area (Å²) in [6.45, 7) is 1.64. The van der Waals surface area contributed by atoms with E-state index >= 15 is 0 Å². The van der Waals surface area contributed by atoms with Crippen LogP contribution in [-0.4, -0.2) is 6.54 Å². The third kappa shape index (κ3) is 3.78. The molecule has 1 unspecified atom stereocenters. The molecule has 2 nitrogen and oxygen atoms in total. The quantitative estimate of drug-likeness (QED) is 0.881. The lowest BCUT2D eigenvalue weighted by Crippen LogP contribution is -2.26. The van der Waals surface area contributed by atoms with Crippen LogP contribution in [-0.2, 0) is 6.61 Å². The molecular weight excluding hydrogens is 282 g/mol. The number of hydrogen-bond donors (Lipinski definition) is 1. The maximum Gasteiger partial charge on any atom is 0.138 e. The van der Waals surface area contributed by atoms with Crippen molar-refractivity contribution in [2.75, 3.05) is 6.54 Å². The predicted octanol–water partition coefficient (Wildman–Crippen LogP) is 4.73. The van der Waals surface area contributed by atoms with Crippen LogP contribution in [0.1, 0.15) is 36.4 Å². The van der Waals surface area contributed by atoms with Crippen molar-refractivity contribution in [1.82, 2.24) is 5.32 Å². The number of halogens is 1. The average Bonchev–Trinajstić information content (AvgIpc) is 2.55. The van der Waals surface area contributed by atoms with Crippen LogP contribution in [0.4, 0.5) is 0 Å². The van der Waals surface area contributed by atoms with E-state index in [0.717, 1.165) is 17.9 Å². The molecule has 0 aliphatic carbocycles. The number of nitrogens with one attached hydrogen (secondary N) is 1. The van der Waals surface area contributed by atoms with E-state index in [-0.39, 0.29) is 0 Å². The van der Waals surface area contributed by atoms with Crippen molar-refractivity contribution in [2.24, 2.45) is 0 Å². The Labute approximate surface area is 131 Å². The smallest absolute Gasteiger partial charge is 0.138 e. The first kappa shape index (κ1) is 14.4.